The van der Waals surface area contributed by atoms with Gasteiger partial charge in [0, 0.05) is 17.8 Å². The number of carbonyl (C=O) groups is 1. The van der Waals surface area contributed by atoms with E-state index < -0.39 is 21.7 Å². The summed E-state index contributed by atoms with van der Waals surface area (Å²) in [6, 6.07) is 14.5. The van der Waals surface area contributed by atoms with Gasteiger partial charge in [-0.05, 0) is 61.4 Å². The Morgan fingerprint density at radius 3 is 2.29 bits per heavy atom. The van der Waals surface area contributed by atoms with Crippen LogP contribution in [0.4, 0.5) is 15.8 Å². The van der Waals surface area contributed by atoms with E-state index in [4.69, 9.17) is 23.2 Å². The van der Waals surface area contributed by atoms with Crippen LogP contribution in [-0.4, -0.2) is 20.9 Å². The summed E-state index contributed by atoms with van der Waals surface area (Å²) in [6.07, 6.45) is 1.14. The van der Waals surface area contributed by atoms with Crippen LogP contribution in [0.3, 0.4) is 0 Å². The maximum atomic E-state index is 13.3. The summed E-state index contributed by atoms with van der Waals surface area (Å²) in [5.74, 6) is -0.997. The van der Waals surface area contributed by atoms with Gasteiger partial charge in [0.15, 0.2) is 0 Å². The largest absolute Gasteiger partial charge is 0.322 e. The van der Waals surface area contributed by atoms with E-state index in [1.807, 2.05) is 0 Å². The molecule has 0 aromatic heterocycles. The lowest BCUT2D eigenvalue weighted by molar-refractivity contribution is 0.102. The van der Waals surface area contributed by atoms with Crippen molar-refractivity contribution in [2.24, 2.45) is 0 Å². The Kier molecular flexibility index (Phi) is 5.92. The summed E-state index contributed by atoms with van der Waals surface area (Å²) in [4.78, 5) is 12.8. The Morgan fingerprint density at radius 2 is 1.61 bits per heavy atom. The fraction of sp³-hybridized carbons (Fsp3) is 0.136. The first-order valence-corrected chi connectivity index (χ1v) is 11.6. The topological polar surface area (TPSA) is 66.5 Å². The average molecular weight is 479 g/mol. The normalized spacial score (nSPS) is 13.6. The molecule has 0 radical (unpaired) electrons. The summed E-state index contributed by atoms with van der Waals surface area (Å²) in [5.41, 5.74) is 1.79. The van der Waals surface area contributed by atoms with Crippen molar-refractivity contribution in [3.63, 3.8) is 0 Å². The Labute approximate surface area is 189 Å². The SMILES string of the molecule is O=C(Nc1cccc2c1CCCN2S(=O)(=O)c1ccc(F)cc1)c1c(Cl)cccc1Cl. The predicted molar refractivity (Wildman–Crippen MR) is 120 cm³/mol. The molecule has 9 heteroatoms. The number of nitrogens with one attached hydrogen (secondary N) is 1. The third-order valence-electron chi connectivity index (χ3n) is 5.05. The van der Waals surface area contributed by atoms with Gasteiger partial charge in [-0.2, -0.15) is 0 Å². The highest BCUT2D eigenvalue weighted by Gasteiger charge is 2.30. The summed E-state index contributed by atoms with van der Waals surface area (Å²) >= 11 is 12.3. The van der Waals surface area contributed by atoms with E-state index in [2.05, 4.69) is 5.32 Å². The van der Waals surface area contributed by atoms with Crippen molar-refractivity contribution in [1.29, 1.82) is 0 Å². The molecule has 5 nitrogen and oxygen atoms in total. The molecule has 4 rings (SSSR count). The number of rotatable bonds is 4. The van der Waals surface area contributed by atoms with Crippen molar-refractivity contribution in [3.05, 3.63) is 87.7 Å². The second kappa shape index (κ2) is 8.49. The molecule has 31 heavy (non-hydrogen) atoms. The van der Waals surface area contributed by atoms with Crippen molar-refractivity contribution in [3.8, 4) is 0 Å². The number of hydrogen-bond donors (Lipinski definition) is 1. The molecule has 1 aliphatic rings. The summed E-state index contributed by atoms with van der Waals surface area (Å²) < 4.78 is 40.9. The van der Waals surface area contributed by atoms with Gasteiger partial charge < -0.3 is 5.32 Å². The van der Waals surface area contributed by atoms with Crippen LogP contribution in [-0.2, 0) is 16.4 Å². The summed E-state index contributed by atoms with van der Waals surface area (Å²) in [5, 5.41) is 3.24. The fourth-order valence-corrected chi connectivity index (χ4v) is 5.69. The second-order valence-electron chi connectivity index (χ2n) is 6.99. The number of nitrogens with zero attached hydrogens (tertiary/aromatic N) is 1. The predicted octanol–water partition coefficient (Wildman–Crippen LogP) is 5.53. The lowest BCUT2D eigenvalue weighted by Crippen LogP contribution is -2.35. The minimum atomic E-state index is -3.89. The summed E-state index contributed by atoms with van der Waals surface area (Å²) in [6.45, 7) is 0.278. The lowest BCUT2D eigenvalue weighted by Gasteiger charge is -2.31. The van der Waals surface area contributed by atoms with Crippen LogP contribution in [0.15, 0.2) is 65.6 Å². The highest BCUT2D eigenvalue weighted by molar-refractivity contribution is 7.92. The van der Waals surface area contributed by atoms with Crippen LogP contribution >= 0.6 is 23.2 Å². The zero-order valence-electron chi connectivity index (χ0n) is 16.1. The van der Waals surface area contributed by atoms with Crippen molar-refractivity contribution < 1.29 is 17.6 Å². The van der Waals surface area contributed by atoms with Gasteiger partial charge in [0.25, 0.3) is 15.9 Å². The van der Waals surface area contributed by atoms with Crippen molar-refractivity contribution in [2.75, 3.05) is 16.2 Å². The molecule has 0 saturated carbocycles. The van der Waals surface area contributed by atoms with Gasteiger partial charge in [-0.1, -0.05) is 35.3 Å². The van der Waals surface area contributed by atoms with Crippen LogP contribution < -0.4 is 9.62 Å². The number of anilines is 2. The Hall–Kier alpha value is -2.61. The first-order chi connectivity index (χ1) is 14.8. The molecule has 0 saturated heterocycles. The highest BCUT2D eigenvalue weighted by Crippen LogP contribution is 2.37. The summed E-state index contributed by atoms with van der Waals surface area (Å²) in [7, 11) is -3.89. The molecular weight excluding hydrogens is 462 g/mol. The van der Waals surface area contributed by atoms with E-state index in [0.717, 1.165) is 12.1 Å². The van der Waals surface area contributed by atoms with Gasteiger partial charge in [0.05, 0.1) is 26.2 Å². The molecule has 1 aliphatic heterocycles. The maximum Gasteiger partial charge on any atom is 0.264 e. The van der Waals surface area contributed by atoms with Gasteiger partial charge >= 0.3 is 0 Å². The van der Waals surface area contributed by atoms with Crippen LogP contribution in [0.1, 0.15) is 22.3 Å². The van der Waals surface area contributed by atoms with Gasteiger partial charge in [-0.25, -0.2) is 12.8 Å². The van der Waals surface area contributed by atoms with Crippen molar-refractivity contribution >= 4 is 50.5 Å². The highest BCUT2D eigenvalue weighted by atomic mass is 35.5. The number of sulfonamides is 1. The van der Waals surface area contributed by atoms with E-state index in [1.54, 1.807) is 36.4 Å². The second-order valence-corrected chi connectivity index (χ2v) is 9.67. The van der Waals surface area contributed by atoms with E-state index in [9.17, 15) is 17.6 Å². The molecule has 0 bridgehead atoms. The van der Waals surface area contributed by atoms with Crippen molar-refractivity contribution in [1.82, 2.24) is 0 Å². The molecular formula is C22H17Cl2FN2O3S. The molecule has 0 fully saturated rings. The zero-order valence-corrected chi connectivity index (χ0v) is 18.4. The number of fused-ring (bicyclic) bond motifs is 1. The number of amides is 1. The number of hydrogen-bond acceptors (Lipinski definition) is 3. The minimum Gasteiger partial charge on any atom is -0.322 e. The molecule has 3 aromatic rings. The third-order valence-corrected chi connectivity index (χ3v) is 7.50. The smallest absolute Gasteiger partial charge is 0.264 e. The van der Waals surface area contributed by atoms with Crippen LogP contribution in [0, 0.1) is 5.82 Å². The zero-order chi connectivity index (χ0) is 22.2. The van der Waals surface area contributed by atoms with Crippen LogP contribution in [0.25, 0.3) is 0 Å². The Morgan fingerprint density at radius 1 is 0.968 bits per heavy atom. The molecule has 1 heterocycles. The van der Waals surface area contributed by atoms with Gasteiger partial charge in [0.1, 0.15) is 5.82 Å². The molecule has 1 N–H and O–H groups in total. The molecule has 1 amide bonds. The molecule has 0 spiro atoms. The van der Waals surface area contributed by atoms with Gasteiger partial charge in [-0.3, -0.25) is 9.10 Å². The standard InChI is InChI=1S/C22H17Cl2FN2O3S/c23-17-5-1-6-18(24)21(17)22(28)26-19-7-2-8-20-16(19)4-3-13-27(20)31(29,30)15-11-9-14(25)10-12-15/h1-2,5-12H,3-4,13H2,(H,26,28). The lowest BCUT2D eigenvalue weighted by atomic mass is 10.0. The van der Waals surface area contributed by atoms with Crippen LogP contribution in [0.5, 0.6) is 0 Å². The van der Waals surface area contributed by atoms with E-state index >= 15 is 0 Å². The molecule has 0 atom stereocenters. The number of halogens is 3. The van der Waals surface area contributed by atoms with Gasteiger partial charge in [-0.15, -0.1) is 0 Å². The maximum absolute atomic E-state index is 13.3. The van der Waals surface area contributed by atoms with E-state index in [1.165, 1.54) is 16.4 Å². The third kappa shape index (κ3) is 4.13. The molecule has 3 aromatic carbocycles. The molecule has 160 valence electrons. The van der Waals surface area contributed by atoms with E-state index in [0.29, 0.717) is 29.8 Å². The van der Waals surface area contributed by atoms with Gasteiger partial charge in [0.2, 0.25) is 0 Å². The monoisotopic (exact) mass is 478 g/mol. The van der Waals surface area contributed by atoms with Crippen molar-refractivity contribution in [2.45, 2.75) is 17.7 Å². The quantitative estimate of drug-likeness (QED) is 0.536. The fourth-order valence-electron chi connectivity index (χ4n) is 3.59. The Balaban J connectivity index is 1.71. The number of benzene rings is 3. The van der Waals surface area contributed by atoms with Crippen LogP contribution in [0.2, 0.25) is 10.0 Å². The minimum absolute atomic E-state index is 0.000891. The Bertz CT molecular complexity index is 1240. The first kappa shape index (κ1) is 21.6. The number of carbonyl (C=O) groups excluding carboxylic acids is 1. The average Bonchev–Trinajstić information content (AvgIpc) is 2.74. The molecule has 0 unspecified atom stereocenters. The van der Waals surface area contributed by atoms with E-state index in [-0.39, 0.29) is 27.0 Å². The first-order valence-electron chi connectivity index (χ1n) is 9.44. The molecule has 0 aliphatic carbocycles.